The molecule has 1 N–H and O–H groups in total. The lowest BCUT2D eigenvalue weighted by atomic mass is 10.2. The molecule has 0 aliphatic rings. The van der Waals surface area contributed by atoms with E-state index in [1.807, 2.05) is 13.8 Å². The molecule has 0 bridgehead atoms. The zero-order valence-corrected chi connectivity index (χ0v) is 9.80. The SMILES string of the molecule is CCC(CC)NCC(=O)OCC(C)C. The molecule has 0 amide bonds. The molecule has 3 nitrogen and oxygen atoms in total. The lowest BCUT2D eigenvalue weighted by Gasteiger charge is -2.14. The summed E-state index contributed by atoms with van der Waals surface area (Å²) in [5.41, 5.74) is 0. The first-order valence-corrected chi connectivity index (χ1v) is 5.49. The van der Waals surface area contributed by atoms with Crippen LogP contribution in [0.25, 0.3) is 0 Å². The van der Waals surface area contributed by atoms with E-state index < -0.39 is 0 Å². The first-order valence-electron chi connectivity index (χ1n) is 5.49. The highest BCUT2D eigenvalue weighted by molar-refractivity contribution is 5.71. The molecule has 0 aromatic carbocycles. The minimum Gasteiger partial charge on any atom is -0.464 e. The van der Waals surface area contributed by atoms with E-state index in [1.54, 1.807) is 0 Å². The van der Waals surface area contributed by atoms with Gasteiger partial charge in [-0.15, -0.1) is 0 Å². The summed E-state index contributed by atoms with van der Waals surface area (Å²) in [5, 5.41) is 3.17. The number of esters is 1. The Morgan fingerprint density at radius 1 is 1.29 bits per heavy atom. The maximum atomic E-state index is 11.2. The van der Waals surface area contributed by atoms with Crippen LogP contribution < -0.4 is 5.32 Å². The predicted octanol–water partition coefficient (Wildman–Crippen LogP) is 1.96. The van der Waals surface area contributed by atoms with Crippen LogP contribution in [0, 0.1) is 5.92 Å². The van der Waals surface area contributed by atoms with Gasteiger partial charge in [0.1, 0.15) is 0 Å². The average molecular weight is 201 g/mol. The Hall–Kier alpha value is -0.570. The van der Waals surface area contributed by atoms with Crippen molar-refractivity contribution in [3.05, 3.63) is 0 Å². The zero-order valence-electron chi connectivity index (χ0n) is 9.80. The highest BCUT2D eigenvalue weighted by Crippen LogP contribution is 1.96. The van der Waals surface area contributed by atoms with Crippen molar-refractivity contribution in [3.63, 3.8) is 0 Å². The number of ether oxygens (including phenoxy) is 1. The highest BCUT2D eigenvalue weighted by Gasteiger charge is 2.07. The van der Waals surface area contributed by atoms with Gasteiger partial charge < -0.3 is 10.1 Å². The van der Waals surface area contributed by atoms with Crippen molar-refractivity contribution in [2.45, 2.75) is 46.6 Å². The summed E-state index contributed by atoms with van der Waals surface area (Å²) in [6.07, 6.45) is 2.10. The van der Waals surface area contributed by atoms with Crippen molar-refractivity contribution in [1.29, 1.82) is 0 Å². The molecule has 0 atom stereocenters. The number of carbonyl (C=O) groups excluding carboxylic acids is 1. The Morgan fingerprint density at radius 3 is 2.29 bits per heavy atom. The Bertz CT molecular complexity index is 153. The van der Waals surface area contributed by atoms with E-state index in [0.29, 0.717) is 25.1 Å². The molecule has 0 unspecified atom stereocenters. The van der Waals surface area contributed by atoms with Crippen LogP contribution in [0.3, 0.4) is 0 Å². The minimum atomic E-state index is -0.148. The molecule has 0 fully saturated rings. The predicted molar refractivity (Wildman–Crippen MR) is 58.2 cm³/mol. The summed E-state index contributed by atoms with van der Waals surface area (Å²) in [6, 6.07) is 0.432. The molecule has 0 saturated carbocycles. The Morgan fingerprint density at radius 2 is 1.86 bits per heavy atom. The molecule has 14 heavy (non-hydrogen) atoms. The van der Waals surface area contributed by atoms with Crippen molar-refractivity contribution in [2.24, 2.45) is 5.92 Å². The number of nitrogens with one attached hydrogen (secondary N) is 1. The highest BCUT2D eigenvalue weighted by atomic mass is 16.5. The molecule has 0 rings (SSSR count). The summed E-state index contributed by atoms with van der Waals surface area (Å²) >= 11 is 0. The lowest BCUT2D eigenvalue weighted by Crippen LogP contribution is -2.33. The Kier molecular flexibility index (Phi) is 7.48. The van der Waals surface area contributed by atoms with Crippen LogP contribution in [-0.2, 0) is 9.53 Å². The maximum absolute atomic E-state index is 11.2. The number of carbonyl (C=O) groups is 1. The second kappa shape index (κ2) is 7.80. The fourth-order valence-electron chi connectivity index (χ4n) is 1.12. The molecule has 0 saturated heterocycles. The third kappa shape index (κ3) is 6.89. The van der Waals surface area contributed by atoms with Gasteiger partial charge in [0.05, 0.1) is 13.2 Å². The topological polar surface area (TPSA) is 38.3 Å². The van der Waals surface area contributed by atoms with Gasteiger partial charge in [0.25, 0.3) is 0 Å². The van der Waals surface area contributed by atoms with Gasteiger partial charge in [0.15, 0.2) is 0 Å². The summed E-state index contributed by atoms with van der Waals surface area (Å²) in [4.78, 5) is 11.2. The molecule has 0 heterocycles. The standard InChI is InChI=1S/C11H23NO2/c1-5-10(6-2)12-7-11(13)14-8-9(3)4/h9-10,12H,5-8H2,1-4H3. The van der Waals surface area contributed by atoms with Gasteiger partial charge in [-0.1, -0.05) is 27.7 Å². The number of rotatable bonds is 7. The summed E-state index contributed by atoms with van der Waals surface area (Å²) in [6.45, 7) is 9.13. The van der Waals surface area contributed by atoms with Gasteiger partial charge in [-0.3, -0.25) is 4.79 Å². The number of hydrogen-bond acceptors (Lipinski definition) is 3. The Balaban J connectivity index is 3.52. The quantitative estimate of drug-likeness (QED) is 0.640. The molecular formula is C11H23NO2. The third-order valence-electron chi connectivity index (χ3n) is 2.10. The summed E-state index contributed by atoms with van der Waals surface area (Å²) in [7, 11) is 0. The zero-order chi connectivity index (χ0) is 11.0. The van der Waals surface area contributed by atoms with Crippen molar-refractivity contribution in [2.75, 3.05) is 13.2 Å². The van der Waals surface area contributed by atoms with Gasteiger partial charge in [-0.2, -0.15) is 0 Å². The first-order chi connectivity index (χ1) is 6.60. The molecule has 3 heteroatoms. The maximum Gasteiger partial charge on any atom is 0.319 e. The Labute approximate surface area is 87.2 Å². The van der Waals surface area contributed by atoms with Gasteiger partial charge in [-0.25, -0.2) is 0 Å². The summed E-state index contributed by atoms with van der Waals surface area (Å²) < 4.78 is 5.04. The smallest absolute Gasteiger partial charge is 0.319 e. The lowest BCUT2D eigenvalue weighted by molar-refractivity contribution is -0.143. The molecule has 0 aromatic heterocycles. The van der Waals surface area contributed by atoms with E-state index in [9.17, 15) is 4.79 Å². The van der Waals surface area contributed by atoms with Gasteiger partial charge in [0, 0.05) is 6.04 Å². The van der Waals surface area contributed by atoms with Gasteiger partial charge >= 0.3 is 5.97 Å². The summed E-state index contributed by atoms with van der Waals surface area (Å²) in [5.74, 6) is 0.262. The first kappa shape index (κ1) is 13.4. The molecular weight excluding hydrogens is 178 g/mol. The van der Waals surface area contributed by atoms with Crippen LogP contribution in [0.1, 0.15) is 40.5 Å². The van der Waals surface area contributed by atoms with Crippen LogP contribution in [0.15, 0.2) is 0 Å². The van der Waals surface area contributed by atoms with Crippen LogP contribution in [0.2, 0.25) is 0 Å². The molecule has 0 aromatic rings. The fourth-order valence-corrected chi connectivity index (χ4v) is 1.12. The molecule has 0 spiro atoms. The van der Waals surface area contributed by atoms with E-state index in [4.69, 9.17) is 4.74 Å². The second-order valence-corrected chi connectivity index (χ2v) is 3.97. The average Bonchev–Trinajstić information content (AvgIpc) is 2.16. The molecule has 0 radical (unpaired) electrons. The van der Waals surface area contributed by atoms with Crippen molar-refractivity contribution in [3.8, 4) is 0 Å². The van der Waals surface area contributed by atoms with Crippen LogP contribution in [0.4, 0.5) is 0 Å². The second-order valence-electron chi connectivity index (χ2n) is 3.97. The molecule has 0 aliphatic heterocycles. The van der Waals surface area contributed by atoms with Crippen molar-refractivity contribution in [1.82, 2.24) is 5.32 Å². The van der Waals surface area contributed by atoms with E-state index in [2.05, 4.69) is 19.2 Å². The monoisotopic (exact) mass is 201 g/mol. The van der Waals surface area contributed by atoms with E-state index in [1.165, 1.54) is 0 Å². The largest absolute Gasteiger partial charge is 0.464 e. The fraction of sp³-hybridized carbons (Fsp3) is 0.909. The minimum absolute atomic E-state index is 0.148. The van der Waals surface area contributed by atoms with Crippen LogP contribution in [0.5, 0.6) is 0 Å². The molecule has 84 valence electrons. The van der Waals surface area contributed by atoms with Crippen LogP contribution in [-0.4, -0.2) is 25.2 Å². The van der Waals surface area contributed by atoms with Gasteiger partial charge in [-0.05, 0) is 18.8 Å². The third-order valence-corrected chi connectivity index (χ3v) is 2.10. The number of hydrogen-bond donors (Lipinski definition) is 1. The van der Waals surface area contributed by atoms with Crippen LogP contribution >= 0.6 is 0 Å². The molecule has 0 aliphatic carbocycles. The van der Waals surface area contributed by atoms with Crippen molar-refractivity contribution >= 4 is 5.97 Å². The van der Waals surface area contributed by atoms with Gasteiger partial charge in [0.2, 0.25) is 0 Å². The van der Waals surface area contributed by atoms with E-state index >= 15 is 0 Å². The van der Waals surface area contributed by atoms with E-state index in [-0.39, 0.29) is 5.97 Å². The van der Waals surface area contributed by atoms with Crippen molar-refractivity contribution < 1.29 is 9.53 Å². The normalized spacial score (nSPS) is 11.0. The van der Waals surface area contributed by atoms with E-state index in [0.717, 1.165) is 12.8 Å².